The first kappa shape index (κ1) is 43.7. The molecular formula is C52H61NO9. The SMILES string of the molecule is CCC[C@]1(O)[C@H]2CCC(=O)[C@H](Cc3cccc(c3)C3(C/C=C4/C[C@@H](c5cc(CO)cc(NC[C@H](C)O)c5)C#C[C@@H]5CC(=O)Oc6cc(O)c(cc65)C[C@H]1OC4=O)CCCCC3)C2. The molecule has 0 radical (unpaired) electrons. The fourth-order valence-corrected chi connectivity index (χ4v) is 11.0. The van der Waals surface area contributed by atoms with Gasteiger partial charge in [0.05, 0.1) is 25.0 Å². The van der Waals surface area contributed by atoms with E-state index in [2.05, 4.69) is 41.4 Å². The highest BCUT2D eigenvalue weighted by molar-refractivity contribution is 5.89. The van der Waals surface area contributed by atoms with Crippen molar-refractivity contribution in [2.75, 3.05) is 11.9 Å². The molecule has 10 nitrogen and oxygen atoms in total. The van der Waals surface area contributed by atoms with Gasteiger partial charge in [-0.1, -0.05) is 80.9 Å². The summed E-state index contributed by atoms with van der Waals surface area (Å²) in [5, 5.41) is 48.6. The van der Waals surface area contributed by atoms with E-state index in [0.717, 1.165) is 43.2 Å². The second-order valence-electron chi connectivity index (χ2n) is 18.8. The van der Waals surface area contributed by atoms with Crippen LogP contribution in [0.3, 0.4) is 0 Å². The quantitative estimate of drug-likeness (QED) is 0.0895. The van der Waals surface area contributed by atoms with Crippen molar-refractivity contribution < 1.29 is 44.3 Å². The van der Waals surface area contributed by atoms with Gasteiger partial charge in [0, 0.05) is 54.1 Å². The fraction of sp³-hybridized carbons (Fsp3) is 0.519. The van der Waals surface area contributed by atoms with Gasteiger partial charge in [-0.25, -0.2) is 4.79 Å². The molecule has 1 spiro atoms. The minimum absolute atomic E-state index is 0.0111. The topological polar surface area (TPSA) is 163 Å². The molecule has 328 valence electrons. The number of ketones is 1. The maximum absolute atomic E-state index is 15.3. The molecule has 5 aliphatic rings. The van der Waals surface area contributed by atoms with Gasteiger partial charge in [-0.2, -0.15) is 0 Å². The Balaban J connectivity index is 1.35. The summed E-state index contributed by atoms with van der Waals surface area (Å²) >= 11 is 0. The highest BCUT2D eigenvalue weighted by Crippen LogP contribution is 2.47. The summed E-state index contributed by atoms with van der Waals surface area (Å²) in [6.45, 7) is 3.71. The molecule has 0 aromatic heterocycles. The highest BCUT2D eigenvalue weighted by atomic mass is 16.6. The first-order chi connectivity index (χ1) is 29.9. The number of benzene rings is 3. The van der Waals surface area contributed by atoms with Crippen LogP contribution >= 0.6 is 0 Å². The van der Waals surface area contributed by atoms with E-state index in [0.29, 0.717) is 72.9 Å². The van der Waals surface area contributed by atoms with E-state index in [9.17, 15) is 30.0 Å². The monoisotopic (exact) mass is 843 g/mol. The lowest BCUT2D eigenvalue weighted by atomic mass is 9.65. The van der Waals surface area contributed by atoms with Gasteiger partial charge in [-0.05, 0) is 116 Å². The Labute approximate surface area is 365 Å². The minimum Gasteiger partial charge on any atom is -0.508 e. The van der Waals surface area contributed by atoms with Gasteiger partial charge in [0.15, 0.2) is 0 Å². The Hall–Kier alpha value is -4.95. The minimum atomic E-state index is -1.55. The summed E-state index contributed by atoms with van der Waals surface area (Å²) in [5.41, 5.74) is 4.00. The van der Waals surface area contributed by atoms with E-state index in [-0.39, 0.29) is 66.9 Å². The second kappa shape index (κ2) is 18.4. The van der Waals surface area contributed by atoms with Crippen LogP contribution in [-0.4, -0.2) is 62.5 Å². The van der Waals surface area contributed by atoms with Gasteiger partial charge < -0.3 is 35.2 Å². The number of hydrogen-bond acceptors (Lipinski definition) is 10. The zero-order valence-corrected chi connectivity index (χ0v) is 36.1. The number of aliphatic hydroxyl groups is 3. The van der Waals surface area contributed by atoms with Gasteiger partial charge in [-0.15, -0.1) is 0 Å². The first-order valence-electron chi connectivity index (χ1n) is 22.8. The molecule has 8 bridgehead atoms. The van der Waals surface area contributed by atoms with Crippen LogP contribution in [-0.2, 0) is 44.0 Å². The number of aliphatic hydroxyl groups excluding tert-OH is 2. The number of allylic oxidation sites excluding steroid dienone is 1. The lowest BCUT2D eigenvalue weighted by molar-refractivity contribution is -0.176. The Morgan fingerprint density at radius 2 is 1.76 bits per heavy atom. The van der Waals surface area contributed by atoms with E-state index < -0.39 is 41.6 Å². The van der Waals surface area contributed by atoms with Gasteiger partial charge in [0.25, 0.3) is 0 Å². The number of phenolic OH excluding ortho intramolecular Hbond substituents is 1. The number of esters is 2. The zero-order chi connectivity index (χ0) is 43.6. The third-order valence-corrected chi connectivity index (χ3v) is 14.4. The average molecular weight is 844 g/mol. The molecule has 3 aromatic carbocycles. The van der Waals surface area contributed by atoms with Crippen molar-refractivity contribution in [3.05, 3.63) is 99.6 Å². The fourth-order valence-electron chi connectivity index (χ4n) is 11.0. The zero-order valence-electron chi connectivity index (χ0n) is 36.1. The van der Waals surface area contributed by atoms with Gasteiger partial charge in [0.1, 0.15) is 29.0 Å². The predicted octanol–water partition coefficient (Wildman–Crippen LogP) is 8.01. The molecule has 3 heterocycles. The molecule has 2 aliphatic carbocycles. The smallest absolute Gasteiger partial charge is 0.334 e. The Kier molecular flexibility index (Phi) is 13.0. The number of anilines is 1. The van der Waals surface area contributed by atoms with E-state index in [1.54, 1.807) is 13.0 Å². The lowest BCUT2D eigenvalue weighted by Gasteiger charge is -2.45. The van der Waals surface area contributed by atoms with Crippen LogP contribution in [0.15, 0.2) is 66.2 Å². The Morgan fingerprint density at radius 1 is 0.952 bits per heavy atom. The van der Waals surface area contributed by atoms with Crippen LogP contribution in [0.2, 0.25) is 0 Å². The molecule has 7 atom stereocenters. The van der Waals surface area contributed by atoms with Crippen LogP contribution < -0.4 is 10.1 Å². The van der Waals surface area contributed by atoms with Crippen LogP contribution in [0.5, 0.6) is 11.5 Å². The third-order valence-electron chi connectivity index (χ3n) is 14.4. The first-order valence-corrected chi connectivity index (χ1v) is 22.8. The summed E-state index contributed by atoms with van der Waals surface area (Å²) < 4.78 is 12.4. The molecule has 0 saturated heterocycles. The molecule has 62 heavy (non-hydrogen) atoms. The third kappa shape index (κ3) is 9.22. The van der Waals surface area contributed by atoms with Crippen molar-refractivity contribution in [3.63, 3.8) is 0 Å². The Morgan fingerprint density at radius 3 is 2.53 bits per heavy atom. The standard InChI is InChI=1S/C52H61NO9/c1-3-15-52(60)42-12-13-45(56)39(24-42)19-33-8-7-9-41(21-33)51(16-5-4-6-17-51)18-14-37-23-35(38-20-34(31-54)22-43(25-38)53-30-32(2)55)10-11-36-28-49(58)61-47-29-46(57)40(26-44(36)47)27-48(52)62-50(37)59/h7-9,14,20-22,25-26,29,32,35-36,39,42,48,53-55,57,60H,3-6,12-13,15-19,23-24,27-28,30-31H2,1-2H3/b37-14-/t32-,35-,36+,39+,42-,48+,52-/m0/s1. The van der Waals surface area contributed by atoms with Crippen LogP contribution in [0.25, 0.3) is 0 Å². The maximum Gasteiger partial charge on any atom is 0.334 e. The molecule has 2 fully saturated rings. The van der Waals surface area contributed by atoms with E-state index in [1.165, 1.54) is 11.6 Å². The van der Waals surface area contributed by atoms with Crippen LogP contribution in [0, 0.1) is 23.7 Å². The molecule has 5 N–H and O–H groups in total. The van der Waals surface area contributed by atoms with Crippen molar-refractivity contribution >= 4 is 23.4 Å². The summed E-state index contributed by atoms with van der Waals surface area (Å²) in [6.07, 6.45) is 8.74. The molecule has 3 aromatic rings. The largest absolute Gasteiger partial charge is 0.508 e. The second-order valence-corrected chi connectivity index (χ2v) is 18.8. The summed E-state index contributed by atoms with van der Waals surface area (Å²) in [4.78, 5) is 42.1. The number of carbonyl (C=O) groups is 3. The molecular weight excluding hydrogens is 783 g/mol. The lowest BCUT2D eigenvalue weighted by Crippen LogP contribution is -2.54. The number of Topliss-reactive ketones (excluding diaryl/α,β-unsaturated/α-hetero) is 1. The average Bonchev–Trinajstić information content (AvgIpc) is 3.26. The highest BCUT2D eigenvalue weighted by Gasteiger charge is 2.49. The van der Waals surface area contributed by atoms with E-state index in [4.69, 9.17) is 9.47 Å². The number of nitrogens with one attached hydrogen (secondary N) is 1. The maximum atomic E-state index is 15.3. The normalized spacial score (nSPS) is 28.5. The van der Waals surface area contributed by atoms with E-state index >= 15 is 4.79 Å². The van der Waals surface area contributed by atoms with Crippen molar-refractivity contribution in [3.8, 4) is 23.3 Å². The molecule has 0 unspecified atom stereocenters. The summed E-state index contributed by atoms with van der Waals surface area (Å²) in [6, 6.07) is 17.5. The van der Waals surface area contributed by atoms with Gasteiger partial charge in [0.2, 0.25) is 0 Å². The van der Waals surface area contributed by atoms with Gasteiger partial charge >= 0.3 is 11.9 Å². The van der Waals surface area contributed by atoms with Crippen molar-refractivity contribution in [2.45, 2.75) is 152 Å². The molecule has 3 aliphatic heterocycles. The van der Waals surface area contributed by atoms with Crippen molar-refractivity contribution in [1.29, 1.82) is 0 Å². The number of rotatable bonds is 7. The van der Waals surface area contributed by atoms with Crippen LogP contribution in [0.4, 0.5) is 5.69 Å². The number of hydrogen-bond donors (Lipinski definition) is 5. The summed E-state index contributed by atoms with van der Waals surface area (Å²) in [7, 11) is 0. The number of ether oxygens (including phenoxy) is 2. The molecule has 0 amide bonds. The predicted molar refractivity (Wildman–Crippen MR) is 236 cm³/mol. The number of fused-ring (bicyclic) bond motifs is 9. The van der Waals surface area contributed by atoms with E-state index in [1.807, 2.05) is 31.2 Å². The number of phenols is 1. The Bertz CT molecular complexity index is 2280. The molecule has 2 saturated carbocycles. The number of carbonyl (C=O) groups excluding carboxylic acids is 3. The summed E-state index contributed by atoms with van der Waals surface area (Å²) in [5.74, 6) is 4.19. The van der Waals surface area contributed by atoms with Crippen molar-refractivity contribution in [2.24, 2.45) is 11.8 Å². The number of aromatic hydroxyl groups is 1. The van der Waals surface area contributed by atoms with Crippen molar-refractivity contribution in [1.82, 2.24) is 0 Å². The van der Waals surface area contributed by atoms with Crippen LogP contribution in [0.1, 0.15) is 143 Å². The molecule has 8 rings (SSSR count). The molecule has 10 heteroatoms. The van der Waals surface area contributed by atoms with Gasteiger partial charge in [-0.3, -0.25) is 9.59 Å².